The number of alkyl halides is 2. The van der Waals surface area contributed by atoms with Crippen molar-refractivity contribution in [1.29, 1.82) is 0 Å². The van der Waals surface area contributed by atoms with E-state index in [-0.39, 0.29) is 18.0 Å². The Balaban J connectivity index is 1.69. The summed E-state index contributed by atoms with van der Waals surface area (Å²) in [6.07, 6.45) is 3.61. The third kappa shape index (κ3) is 6.44. The van der Waals surface area contributed by atoms with Gasteiger partial charge in [0.2, 0.25) is 0 Å². The van der Waals surface area contributed by atoms with Gasteiger partial charge in [0.1, 0.15) is 0 Å². The normalized spacial score (nSPS) is 11.5. The van der Waals surface area contributed by atoms with Crippen molar-refractivity contribution in [3.8, 4) is 17.2 Å². The van der Waals surface area contributed by atoms with Crippen LogP contribution in [0.15, 0.2) is 65.9 Å². The molecule has 2 N–H and O–H groups in total. The number of hydrogen-bond acceptors (Lipinski definition) is 4. The number of aromatic nitrogens is 2. The van der Waals surface area contributed by atoms with Crippen molar-refractivity contribution >= 4 is 5.96 Å². The Bertz CT molecular complexity index is 992. The van der Waals surface area contributed by atoms with Gasteiger partial charge in [0, 0.05) is 31.0 Å². The van der Waals surface area contributed by atoms with E-state index in [2.05, 4.69) is 20.7 Å². The quantitative estimate of drug-likeness (QED) is 0.364. The second-order valence-corrected chi connectivity index (χ2v) is 6.72. The molecular weight excluding hydrogens is 416 g/mol. The van der Waals surface area contributed by atoms with Crippen LogP contribution in [0, 0.1) is 0 Å². The van der Waals surface area contributed by atoms with Crippen molar-refractivity contribution in [2.45, 2.75) is 33.5 Å². The zero-order valence-electron chi connectivity index (χ0n) is 18.1. The second-order valence-electron chi connectivity index (χ2n) is 6.72. The highest BCUT2D eigenvalue weighted by atomic mass is 19.3. The van der Waals surface area contributed by atoms with Crippen molar-refractivity contribution in [2.75, 3.05) is 13.2 Å². The molecule has 0 aliphatic heterocycles. The summed E-state index contributed by atoms with van der Waals surface area (Å²) in [7, 11) is 0. The molecule has 1 heterocycles. The van der Waals surface area contributed by atoms with Crippen LogP contribution in [0.1, 0.15) is 25.0 Å². The van der Waals surface area contributed by atoms with Crippen LogP contribution in [0.4, 0.5) is 8.78 Å². The molecule has 170 valence electrons. The molecule has 0 saturated carbocycles. The minimum atomic E-state index is -2.94. The summed E-state index contributed by atoms with van der Waals surface area (Å²) in [5, 5.41) is 10.5. The number of rotatable bonds is 10. The third-order valence-corrected chi connectivity index (χ3v) is 4.48. The monoisotopic (exact) mass is 443 g/mol. The number of benzene rings is 2. The standard InChI is InChI=1S/C23H27F2N5O2/c1-3-26-23(27-15-17-9-11-19(12-10-17)30-14-6-13-29-30)28-16-18-7-5-8-20(31-4-2)21(18)32-22(24)25/h5-14,22H,3-4,15-16H2,1-2H3,(H2,26,27,28). The molecule has 0 radical (unpaired) electrons. The number of guanidine groups is 1. The fraction of sp³-hybridized carbons (Fsp3) is 0.304. The van der Waals surface area contributed by atoms with Crippen LogP contribution in [0.25, 0.3) is 5.69 Å². The Morgan fingerprint density at radius 1 is 1.09 bits per heavy atom. The van der Waals surface area contributed by atoms with Gasteiger partial charge in [0.05, 0.1) is 18.8 Å². The molecule has 7 nitrogen and oxygen atoms in total. The first-order valence-corrected chi connectivity index (χ1v) is 10.4. The molecule has 3 rings (SSSR count). The number of nitrogens with one attached hydrogen (secondary N) is 2. The van der Waals surface area contributed by atoms with E-state index in [0.29, 0.717) is 31.2 Å². The Hall–Kier alpha value is -3.62. The fourth-order valence-electron chi connectivity index (χ4n) is 3.06. The number of hydrogen-bond donors (Lipinski definition) is 2. The average molecular weight is 443 g/mol. The van der Waals surface area contributed by atoms with Gasteiger partial charge in [-0.05, 0) is 43.7 Å². The lowest BCUT2D eigenvalue weighted by molar-refractivity contribution is -0.0520. The van der Waals surface area contributed by atoms with Gasteiger partial charge in [-0.1, -0.05) is 24.3 Å². The summed E-state index contributed by atoms with van der Waals surface area (Å²) in [4.78, 5) is 4.59. The van der Waals surface area contributed by atoms with E-state index in [4.69, 9.17) is 9.47 Å². The van der Waals surface area contributed by atoms with Crippen LogP contribution < -0.4 is 20.1 Å². The van der Waals surface area contributed by atoms with Crippen molar-refractivity contribution in [2.24, 2.45) is 4.99 Å². The van der Waals surface area contributed by atoms with Crippen LogP contribution in [-0.2, 0) is 13.1 Å². The lowest BCUT2D eigenvalue weighted by atomic mass is 10.2. The molecule has 0 bridgehead atoms. The Kier molecular flexibility index (Phi) is 8.42. The summed E-state index contributed by atoms with van der Waals surface area (Å²) in [6.45, 7) is 2.50. The summed E-state index contributed by atoms with van der Waals surface area (Å²) < 4.78 is 37.8. The molecule has 0 fully saturated rings. The van der Waals surface area contributed by atoms with E-state index < -0.39 is 6.61 Å². The van der Waals surface area contributed by atoms with Gasteiger partial charge >= 0.3 is 6.61 Å². The first kappa shape index (κ1) is 23.1. The van der Waals surface area contributed by atoms with Crippen molar-refractivity contribution in [3.63, 3.8) is 0 Å². The molecule has 0 aliphatic rings. The molecular formula is C23H27F2N5O2. The molecule has 1 aromatic heterocycles. The minimum Gasteiger partial charge on any atom is -0.490 e. The molecule has 0 unspecified atom stereocenters. The Morgan fingerprint density at radius 3 is 2.56 bits per heavy atom. The van der Waals surface area contributed by atoms with E-state index in [1.807, 2.05) is 43.5 Å². The zero-order chi connectivity index (χ0) is 22.8. The van der Waals surface area contributed by atoms with Gasteiger partial charge in [-0.3, -0.25) is 0 Å². The number of halogens is 2. The number of ether oxygens (including phenoxy) is 2. The van der Waals surface area contributed by atoms with Gasteiger partial charge in [-0.2, -0.15) is 13.9 Å². The molecule has 0 spiro atoms. The fourth-order valence-corrected chi connectivity index (χ4v) is 3.06. The lowest BCUT2D eigenvalue weighted by Gasteiger charge is -2.17. The maximum Gasteiger partial charge on any atom is 0.387 e. The predicted octanol–water partition coefficient (Wildman–Crippen LogP) is 4.13. The molecule has 0 amide bonds. The van der Waals surface area contributed by atoms with Gasteiger partial charge in [-0.15, -0.1) is 0 Å². The van der Waals surface area contributed by atoms with E-state index in [0.717, 1.165) is 11.3 Å². The third-order valence-electron chi connectivity index (χ3n) is 4.48. The Morgan fingerprint density at radius 2 is 1.91 bits per heavy atom. The smallest absolute Gasteiger partial charge is 0.387 e. The van der Waals surface area contributed by atoms with Crippen LogP contribution >= 0.6 is 0 Å². The largest absolute Gasteiger partial charge is 0.490 e. The summed E-state index contributed by atoms with van der Waals surface area (Å²) in [5.74, 6) is 0.877. The number of nitrogens with zero attached hydrogens (tertiary/aromatic N) is 3. The van der Waals surface area contributed by atoms with Crippen molar-refractivity contribution in [1.82, 2.24) is 20.4 Å². The molecule has 9 heteroatoms. The average Bonchev–Trinajstić information content (AvgIpc) is 3.32. The summed E-state index contributed by atoms with van der Waals surface area (Å²) in [6, 6.07) is 14.9. The van der Waals surface area contributed by atoms with Crippen LogP contribution in [-0.4, -0.2) is 35.5 Å². The van der Waals surface area contributed by atoms with E-state index in [1.165, 1.54) is 0 Å². The van der Waals surface area contributed by atoms with Gasteiger partial charge < -0.3 is 20.1 Å². The molecule has 2 aromatic carbocycles. The maximum atomic E-state index is 12.9. The highest BCUT2D eigenvalue weighted by molar-refractivity contribution is 5.79. The number of para-hydroxylation sites is 1. The summed E-state index contributed by atoms with van der Waals surface area (Å²) >= 11 is 0. The second kappa shape index (κ2) is 11.7. The Labute approximate surface area is 186 Å². The van der Waals surface area contributed by atoms with Gasteiger partial charge in [-0.25, -0.2) is 9.67 Å². The van der Waals surface area contributed by atoms with Crippen molar-refractivity contribution in [3.05, 3.63) is 72.1 Å². The topological polar surface area (TPSA) is 72.7 Å². The van der Waals surface area contributed by atoms with Crippen LogP contribution in [0.3, 0.4) is 0 Å². The van der Waals surface area contributed by atoms with Crippen LogP contribution in [0.5, 0.6) is 11.5 Å². The molecule has 0 saturated heterocycles. The summed E-state index contributed by atoms with van der Waals surface area (Å²) in [5.41, 5.74) is 2.54. The minimum absolute atomic E-state index is 0.0295. The zero-order valence-corrected chi connectivity index (χ0v) is 18.1. The van der Waals surface area contributed by atoms with E-state index in [9.17, 15) is 8.78 Å². The molecule has 0 atom stereocenters. The van der Waals surface area contributed by atoms with Gasteiger partial charge in [0.15, 0.2) is 17.5 Å². The SMILES string of the molecule is CCNC(=NCc1ccc(-n2cccn2)cc1)NCc1cccc(OCC)c1OC(F)F. The van der Waals surface area contributed by atoms with E-state index >= 15 is 0 Å². The predicted molar refractivity (Wildman–Crippen MR) is 119 cm³/mol. The highest BCUT2D eigenvalue weighted by Crippen LogP contribution is 2.32. The maximum absolute atomic E-state index is 12.9. The first-order valence-electron chi connectivity index (χ1n) is 10.4. The van der Waals surface area contributed by atoms with Crippen molar-refractivity contribution < 1.29 is 18.3 Å². The molecule has 0 aliphatic carbocycles. The first-order chi connectivity index (χ1) is 15.6. The lowest BCUT2D eigenvalue weighted by Crippen LogP contribution is -2.36. The van der Waals surface area contributed by atoms with Gasteiger partial charge in [0.25, 0.3) is 0 Å². The molecule has 3 aromatic rings. The van der Waals surface area contributed by atoms with Crippen LogP contribution in [0.2, 0.25) is 0 Å². The number of aliphatic imine (C=N–C) groups is 1. The molecule has 32 heavy (non-hydrogen) atoms. The van der Waals surface area contributed by atoms with E-state index in [1.54, 1.807) is 36.0 Å². The highest BCUT2D eigenvalue weighted by Gasteiger charge is 2.16.